The molecule has 0 atom stereocenters. The molecule has 8 heteroatoms. The predicted octanol–water partition coefficient (Wildman–Crippen LogP) is 0.748. The molecule has 2 aromatic heterocycles. The van der Waals surface area contributed by atoms with Crippen LogP contribution in [0.25, 0.3) is 11.2 Å². The lowest BCUT2D eigenvalue weighted by atomic mass is 10.1. The Morgan fingerprint density at radius 2 is 2.28 bits per heavy atom. The average molecular weight is 346 g/mol. The molecule has 1 aliphatic heterocycles. The number of fused-ring (bicyclic) bond motifs is 1. The Morgan fingerprint density at radius 1 is 1.44 bits per heavy atom. The Hall–Kier alpha value is -2.19. The normalized spacial score (nSPS) is 15.4. The first-order valence-electron chi connectivity index (χ1n) is 8.92. The lowest BCUT2D eigenvalue weighted by Gasteiger charge is -2.24. The van der Waals surface area contributed by atoms with Gasteiger partial charge in [-0.3, -0.25) is 9.36 Å². The van der Waals surface area contributed by atoms with Crippen LogP contribution in [0.4, 0.5) is 5.95 Å². The van der Waals surface area contributed by atoms with Gasteiger partial charge in [-0.2, -0.15) is 0 Å². The van der Waals surface area contributed by atoms with E-state index in [9.17, 15) is 4.79 Å². The lowest BCUT2D eigenvalue weighted by molar-refractivity contribution is -0.141. The summed E-state index contributed by atoms with van der Waals surface area (Å²) in [6, 6.07) is 4.29. The van der Waals surface area contributed by atoms with Crippen molar-refractivity contribution < 1.29 is 9.53 Å². The Kier molecular flexibility index (Phi) is 6.19. The van der Waals surface area contributed by atoms with Crippen LogP contribution in [-0.2, 0) is 16.1 Å². The minimum Gasteiger partial charge on any atom is -0.465 e. The second-order valence-electron chi connectivity index (χ2n) is 6.08. The Balaban J connectivity index is 1.66. The van der Waals surface area contributed by atoms with Crippen LogP contribution in [-0.4, -0.2) is 59.3 Å². The summed E-state index contributed by atoms with van der Waals surface area (Å²) >= 11 is 0. The fourth-order valence-corrected chi connectivity index (χ4v) is 3.02. The number of anilines is 1. The van der Waals surface area contributed by atoms with E-state index in [-0.39, 0.29) is 12.5 Å². The first kappa shape index (κ1) is 17.6. The fraction of sp³-hybridized carbons (Fsp3) is 0.588. The number of piperidine rings is 1. The molecular formula is C17H26N6O2. The van der Waals surface area contributed by atoms with Crippen LogP contribution in [0, 0.1) is 0 Å². The fourth-order valence-electron chi connectivity index (χ4n) is 3.02. The van der Waals surface area contributed by atoms with Crippen LogP contribution in [0.1, 0.15) is 19.8 Å². The number of esters is 1. The quantitative estimate of drug-likeness (QED) is 0.480. The van der Waals surface area contributed by atoms with Crippen molar-refractivity contribution in [2.24, 2.45) is 0 Å². The highest BCUT2D eigenvalue weighted by molar-refractivity contribution is 5.74. The Morgan fingerprint density at radius 3 is 3.08 bits per heavy atom. The van der Waals surface area contributed by atoms with Crippen LogP contribution in [0.15, 0.2) is 18.3 Å². The molecule has 0 saturated carbocycles. The molecule has 2 aromatic rings. The smallest absolute Gasteiger partial charge is 0.319 e. The summed E-state index contributed by atoms with van der Waals surface area (Å²) in [7, 11) is 0. The van der Waals surface area contributed by atoms with Gasteiger partial charge in [0.15, 0.2) is 5.65 Å². The lowest BCUT2D eigenvalue weighted by Crippen LogP contribution is -2.36. The zero-order valence-electron chi connectivity index (χ0n) is 14.6. The summed E-state index contributed by atoms with van der Waals surface area (Å²) in [5.41, 5.74) is 1.74. The third kappa shape index (κ3) is 4.67. The van der Waals surface area contributed by atoms with E-state index >= 15 is 0 Å². The van der Waals surface area contributed by atoms with E-state index in [0.29, 0.717) is 25.7 Å². The molecule has 3 N–H and O–H groups in total. The number of nitrogens with zero attached hydrogens (tertiary/aromatic N) is 3. The number of carbonyl (C=O) groups excluding carboxylic acids is 1. The van der Waals surface area contributed by atoms with Gasteiger partial charge < -0.3 is 20.7 Å². The van der Waals surface area contributed by atoms with Gasteiger partial charge in [0.25, 0.3) is 0 Å². The number of rotatable bonds is 8. The number of nitrogens with one attached hydrogen (secondary N) is 3. The second-order valence-corrected chi connectivity index (χ2v) is 6.08. The summed E-state index contributed by atoms with van der Waals surface area (Å²) in [5, 5.41) is 10.0. The maximum atomic E-state index is 11.4. The van der Waals surface area contributed by atoms with Gasteiger partial charge in [0.05, 0.1) is 13.2 Å². The van der Waals surface area contributed by atoms with Gasteiger partial charge >= 0.3 is 5.97 Å². The number of carbonyl (C=O) groups is 1. The van der Waals surface area contributed by atoms with Gasteiger partial charge in [0.2, 0.25) is 5.95 Å². The predicted molar refractivity (Wildman–Crippen MR) is 96.5 cm³/mol. The molecule has 0 aliphatic carbocycles. The average Bonchev–Trinajstić information content (AvgIpc) is 2.97. The number of hydrogen-bond donors (Lipinski definition) is 3. The first-order chi connectivity index (χ1) is 12.3. The van der Waals surface area contributed by atoms with Crippen LogP contribution in [0.5, 0.6) is 0 Å². The highest BCUT2D eigenvalue weighted by Crippen LogP contribution is 2.19. The molecule has 1 fully saturated rings. The van der Waals surface area contributed by atoms with Crippen molar-refractivity contribution in [1.82, 2.24) is 25.2 Å². The molecule has 25 heavy (non-hydrogen) atoms. The molecule has 1 saturated heterocycles. The highest BCUT2D eigenvalue weighted by atomic mass is 16.5. The van der Waals surface area contributed by atoms with Crippen molar-refractivity contribution in [3.63, 3.8) is 0 Å². The molecule has 0 spiro atoms. The minimum atomic E-state index is -0.232. The summed E-state index contributed by atoms with van der Waals surface area (Å²) in [5.74, 6) is 0.614. The molecule has 0 radical (unpaired) electrons. The number of aromatic nitrogens is 3. The van der Waals surface area contributed by atoms with Gasteiger partial charge in [-0.15, -0.1) is 0 Å². The van der Waals surface area contributed by atoms with Crippen molar-refractivity contribution in [3.8, 4) is 0 Å². The van der Waals surface area contributed by atoms with Crippen molar-refractivity contribution >= 4 is 23.1 Å². The number of imidazole rings is 1. The van der Waals surface area contributed by atoms with Crippen LogP contribution in [0.2, 0.25) is 0 Å². The van der Waals surface area contributed by atoms with Gasteiger partial charge in [-0.25, -0.2) is 9.97 Å². The minimum absolute atomic E-state index is 0.213. The van der Waals surface area contributed by atoms with Crippen LogP contribution < -0.4 is 16.0 Å². The van der Waals surface area contributed by atoms with Gasteiger partial charge in [-0.1, -0.05) is 0 Å². The van der Waals surface area contributed by atoms with Crippen molar-refractivity contribution in [3.05, 3.63) is 18.3 Å². The molecule has 3 rings (SSSR count). The van der Waals surface area contributed by atoms with Gasteiger partial charge in [0, 0.05) is 25.3 Å². The van der Waals surface area contributed by atoms with E-state index in [1.165, 1.54) is 0 Å². The zero-order chi connectivity index (χ0) is 17.5. The van der Waals surface area contributed by atoms with E-state index < -0.39 is 0 Å². The van der Waals surface area contributed by atoms with E-state index in [4.69, 9.17) is 9.72 Å². The topological polar surface area (TPSA) is 93.1 Å². The van der Waals surface area contributed by atoms with Crippen molar-refractivity contribution in [2.75, 3.05) is 38.1 Å². The summed E-state index contributed by atoms with van der Waals surface area (Å²) in [6.07, 6.45) is 3.94. The number of pyridine rings is 1. The van der Waals surface area contributed by atoms with E-state index in [1.807, 2.05) is 12.1 Å². The maximum absolute atomic E-state index is 11.4. The Bertz CT molecular complexity index is 696. The molecule has 0 amide bonds. The third-order valence-electron chi connectivity index (χ3n) is 4.26. The highest BCUT2D eigenvalue weighted by Gasteiger charge is 2.17. The first-order valence-corrected chi connectivity index (χ1v) is 8.92. The third-order valence-corrected chi connectivity index (χ3v) is 4.26. The maximum Gasteiger partial charge on any atom is 0.319 e. The van der Waals surface area contributed by atoms with Gasteiger partial charge in [0.1, 0.15) is 5.52 Å². The van der Waals surface area contributed by atoms with Crippen LogP contribution >= 0.6 is 0 Å². The number of ether oxygens (including phenoxy) is 1. The standard InChI is InChI=1S/C17H26N6O2/c1-2-25-15(24)12-19-10-11-23-16-14(4-3-7-20-16)22-17(23)21-13-5-8-18-9-6-13/h3-4,7,13,18-19H,2,5-6,8-12H2,1H3,(H,21,22). The van der Waals surface area contributed by atoms with Gasteiger partial charge in [-0.05, 0) is 45.0 Å². The van der Waals surface area contributed by atoms with E-state index in [0.717, 1.165) is 43.0 Å². The summed E-state index contributed by atoms with van der Waals surface area (Å²) in [6.45, 7) is 5.79. The van der Waals surface area contributed by atoms with E-state index in [1.54, 1.807) is 13.1 Å². The van der Waals surface area contributed by atoms with Crippen molar-refractivity contribution in [1.29, 1.82) is 0 Å². The van der Waals surface area contributed by atoms with E-state index in [2.05, 4.69) is 25.5 Å². The molecule has 3 heterocycles. The second kappa shape index (κ2) is 8.77. The summed E-state index contributed by atoms with van der Waals surface area (Å²) in [4.78, 5) is 20.6. The zero-order valence-corrected chi connectivity index (χ0v) is 14.6. The summed E-state index contributed by atoms with van der Waals surface area (Å²) < 4.78 is 7.00. The molecule has 0 aromatic carbocycles. The largest absolute Gasteiger partial charge is 0.465 e. The molecule has 0 unspecified atom stereocenters. The Labute approximate surface area is 147 Å². The molecule has 136 valence electrons. The van der Waals surface area contributed by atoms with Crippen LogP contribution in [0.3, 0.4) is 0 Å². The monoisotopic (exact) mass is 346 g/mol. The molecule has 0 bridgehead atoms. The number of hydrogen-bond acceptors (Lipinski definition) is 7. The van der Waals surface area contributed by atoms with Crippen molar-refractivity contribution in [2.45, 2.75) is 32.4 Å². The SMILES string of the molecule is CCOC(=O)CNCCn1c(NC2CCNCC2)nc2cccnc21. The molecule has 8 nitrogen and oxygen atoms in total. The molecular weight excluding hydrogens is 320 g/mol. The molecule has 1 aliphatic rings.